The van der Waals surface area contributed by atoms with Crippen molar-refractivity contribution < 1.29 is 23.1 Å². The largest absolute Gasteiger partial charge is 0.416 e. The topological polar surface area (TPSA) is 108 Å². The molecule has 2 N–H and O–H groups in total. The summed E-state index contributed by atoms with van der Waals surface area (Å²) >= 11 is 0. The number of carbonyl (C=O) groups is 1. The van der Waals surface area contributed by atoms with Crippen LogP contribution in [0.25, 0.3) is 11.4 Å². The van der Waals surface area contributed by atoms with E-state index in [0.29, 0.717) is 16.9 Å². The van der Waals surface area contributed by atoms with Gasteiger partial charge in [0.05, 0.1) is 17.2 Å². The van der Waals surface area contributed by atoms with E-state index < -0.39 is 29.8 Å². The van der Waals surface area contributed by atoms with Gasteiger partial charge in [-0.05, 0) is 37.3 Å². The highest BCUT2D eigenvalue weighted by Crippen LogP contribution is 2.30. The van der Waals surface area contributed by atoms with Crippen molar-refractivity contribution in [3.05, 3.63) is 81.3 Å². The third-order valence-electron chi connectivity index (χ3n) is 4.88. The molecule has 0 aliphatic carbocycles. The highest BCUT2D eigenvalue weighted by Gasteiger charge is 2.30. The summed E-state index contributed by atoms with van der Waals surface area (Å²) < 4.78 is 39.9. The molecule has 1 aromatic heterocycles. The summed E-state index contributed by atoms with van der Waals surface area (Å²) in [6.45, 7) is 0.764. The predicted octanol–water partition coefficient (Wildman–Crippen LogP) is 3.28. The third-order valence-corrected chi connectivity index (χ3v) is 4.88. The maximum atomic E-state index is 13.1. The van der Waals surface area contributed by atoms with Crippen LogP contribution in [0.1, 0.15) is 22.4 Å². The van der Waals surface area contributed by atoms with Crippen LogP contribution in [0.2, 0.25) is 0 Å². The van der Waals surface area contributed by atoms with Crippen molar-refractivity contribution in [2.24, 2.45) is 0 Å². The van der Waals surface area contributed by atoms with Crippen molar-refractivity contribution in [2.45, 2.75) is 26.1 Å². The van der Waals surface area contributed by atoms with E-state index in [0.717, 1.165) is 16.7 Å². The maximum absolute atomic E-state index is 13.1. The molecule has 0 fully saturated rings. The van der Waals surface area contributed by atoms with E-state index in [1.807, 2.05) is 6.07 Å². The van der Waals surface area contributed by atoms with Crippen LogP contribution in [-0.4, -0.2) is 27.2 Å². The minimum atomic E-state index is -4.52. The van der Waals surface area contributed by atoms with Crippen LogP contribution >= 0.6 is 0 Å². The number of carbonyl (C=O) groups excluding carboxylic acids is 1. The first-order chi connectivity index (χ1) is 15.6. The maximum Gasteiger partial charge on any atom is 0.416 e. The molecule has 3 rings (SSSR count). The predicted molar refractivity (Wildman–Crippen MR) is 114 cm³/mol. The number of anilines is 1. The van der Waals surface area contributed by atoms with Gasteiger partial charge in [-0.2, -0.15) is 18.4 Å². The van der Waals surface area contributed by atoms with Crippen LogP contribution < -0.4 is 10.9 Å². The number of nitrogens with zero attached hydrogens (tertiary/aromatic N) is 3. The molecule has 0 aliphatic rings. The van der Waals surface area contributed by atoms with Crippen molar-refractivity contribution in [3.63, 3.8) is 0 Å². The van der Waals surface area contributed by atoms with Gasteiger partial charge >= 0.3 is 6.18 Å². The fourth-order valence-corrected chi connectivity index (χ4v) is 3.29. The Morgan fingerprint density at radius 2 is 1.91 bits per heavy atom. The second kappa shape index (κ2) is 9.67. The fourth-order valence-electron chi connectivity index (χ4n) is 3.29. The molecule has 7 nitrogen and oxygen atoms in total. The van der Waals surface area contributed by atoms with E-state index in [2.05, 4.69) is 10.3 Å². The Labute approximate surface area is 186 Å². The normalized spacial score (nSPS) is 11.2. The summed E-state index contributed by atoms with van der Waals surface area (Å²) in [6.07, 6.45) is -4.51. The summed E-state index contributed by atoms with van der Waals surface area (Å²) in [4.78, 5) is 30.1. The first-order valence-corrected chi connectivity index (χ1v) is 9.83. The average molecular weight is 456 g/mol. The first kappa shape index (κ1) is 23.7. The number of rotatable bonds is 6. The standard InChI is InChI=1S/C23H19F3N4O3/c1-14-19(9-10-31)22(33)30(13-20(32)29-18-4-2-3-15(11-18)12-27)21(28-14)16-5-7-17(8-6-16)23(24,25)26/h2-8,11,31H,9-10,13H2,1H3,(H,29,32). The molecule has 0 aliphatic heterocycles. The molecule has 0 saturated heterocycles. The minimum absolute atomic E-state index is 0.0107. The van der Waals surface area contributed by atoms with Crippen LogP contribution in [-0.2, 0) is 23.9 Å². The number of amides is 1. The molecule has 0 bridgehead atoms. The van der Waals surface area contributed by atoms with Crippen molar-refractivity contribution >= 4 is 11.6 Å². The molecule has 0 spiro atoms. The van der Waals surface area contributed by atoms with Gasteiger partial charge in [0.15, 0.2) is 0 Å². The second-order valence-corrected chi connectivity index (χ2v) is 7.18. The number of aliphatic hydroxyl groups excluding tert-OH is 1. The minimum Gasteiger partial charge on any atom is -0.396 e. The highest BCUT2D eigenvalue weighted by atomic mass is 19.4. The number of halogens is 3. The van der Waals surface area contributed by atoms with Gasteiger partial charge in [0.25, 0.3) is 5.56 Å². The Morgan fingerprint density at radius 1 is 1.21 bits per heavy atom. The van der Waals surface area contributed by atoms with E-state index in [9.17, 15) is 27.9 Å². The van der Waals surface area contributed by atoms with Crippen LogP contribution in [0.3, 0.4) is 0 Å². The number of alkyl halides is 3. The van der Waals surface area contributed by atoms with Gasteiger partial charge in [0, 0.05) is 35.5 Å². The number of aliphatic hydroxyl groups is 1. The molecule has 0 unspecified atom stereocenters. The third kappa shape index (κ3) is 5.45. The molecule has 1 heterocycles. The van der Waals surface area contributed by atoms with Gasteiger partial charge in [0.1, 0.15) is 12.4 Å². The van der Waals surface area contributed by atoms with Crippen molar-refractivity contribution in [1.29, 1.82) is 5.26 Å². The molecule has 0 radical (unpaired) electrons. The lowest BCUT2D eigenvalue weighted by atomic mass is 10.1. The Morgan fingerprint density at radius 3 is 2.52 bits per heavy atom. The van der Waals surface area contributed by atoms with Gasteiger partial charge < -0.3 is 10.4 Å². The summed E-state index contributed by atoms with van der Waals surface area (Å²) in [5, 5.41) is 20.9. The summed E-state index contributed by atoms with van der Waals surface area (Å²) in [7, 11) is 0. The van der Waals surface area contributed by atoms with Crippen molar-refractivity contribution in [1.82, 2.24) is 9.55 Å². The Kier molecular flexibility index (Phi) is 6.94. The molecule has 2 aromatic carbocycles. The first-order valence-electron chi connectivity index (χ1n) is 9.83. The quantitative estimate of drug-likeness (QED) is 0.592. The molecule has 1 amide bonds. The van der Waals surface area contributed by atoms with Gasteiger partial charge in [-0.3, -0.25) is 14.2 Å². The Bertz CT molecular complexity index is 1280. The number of nitrogens with one attached hydrogen (secondary N) is 1. The summed E-state index contributed by atoms with van der Waals surface area (Å²) in [6, 6.07) is 12.2. The van der Waals surface area contributed by atoms with E-state index >= 15 is 0 Å². The zero-order chi connectivity index (χ0) is 24.2. The van der Waals surface area contributed by atoms with Crippen molar-refractivity contribution in [2.75, 3.05) is 11.9 Å². The zero-order valence-electron chi connectivity index (χ0n) is 17.5. The van der Waals surface area contributed by atoms with Gasteiger partial charge in [-0.15, -0.1) is 0 Å². The molecule has 0 atom stereocenters. The van der Waals surface area contributed by atoms with Crippen molar-refractivity contribution in [3.8, 4) is 17.5 Å². The molecular weight excluding hydrogens is 437 g/mol. The van der Waals surface area contributed by atoms with E-state index in [1.54, 1.807) is 25.1 Å². The highest BCUT2D eigenvalue weighted by molar-refractivity contribution is 5.91. The van der Waals surface area contributed by atoms with Crippen LogP contribution in [0.4, 0.5) is 18.9 Å². The van der Waals surface area contributed by atoms with Gasteiger partial charge in [0.2, 0.25) is 5.91 Å². The monoisotopic (exact) mass is 456 g/mol. The molecule has 0 saturated carbocycles. The average Bonchev–Trinajstić information content (AvgIpc) is 2.78. The van der Waals surface area contributed by atoms with Crippen LogP contribution in [0.5, 0.6) is 0 Å². The zero-order valence-corrected chi connectivity index (χ0v) is 17.5. The lowest BCUT2D eigenvalue weighted by molar-refractivity contribution is -0.137. The van der Waals surface area contributed by atoms with Crippen LogP contribution in [0.15, 0.2) is 53.3 Å². The fraction of sp³-hybridized carbons (Fsp3) is 0.217. The Balaban J connectivity index is 2.02. The smallest absolute Gasteiger partial charge is 0.396 e. The Hall–Kier alpha value is -3.97. The lowest BCUT2D eigenvalue weighted by Gasteiger charge is -2.16. The number of hydrogen-bond donors (Lipinski definition) is 2. The van der Waals surface area contributed by atoms with Gasteiger partial charge in [-0.1, -0.05) is 18.2 Å². The van der Waals surface area contributed by atoms with E-state index in [1.165, 1.54) is 18.2 Å². The molecule has 170 valence electrons. The molecule has 33 heavy (non-hydrogen) atoms. The molecule has 10 heteroatoms. The molecule has 3 aromatic rings. The number of benzene rings is 2. The van der Waals surface area contributed by atoms with E-state index in [-0.39, 0.29) is 30.0 Å². The van der Waals surface area contributed by atoms with Crippen LogP contribution in [0, 0.1) is 18.3 Å². The number of aryl methyl sites for hydroxylation is 1. The number of hydrogen-bond acceptors (Lipinski definition) is 5. The molecular formula is C23H19F3N4O3. The van der Waals surface area contributed by atoms with Gasteiger partial charge in [-0.25, -0.2) is 4.98 Å². The second-order valence-electron chi connectivity index (χ2n) is 7.18. The van der Waals surface area contributed by atoms with E-state index in [4.69, 9.17) is 5.26 Å². The number of nitriles is 1. The SMILES string of the molecule is Cc1nc(-c2ccc(C(F)(F)F)cc2)n(CC(=O)Nc2cccc(C#N)c2)c(=O)c1CCO. The summed E-state index contributed by atoms with van der Waals surface area (Å²) in [5.74, 6) is -0.574. The number of aromatic nitrogens is 2. The summed E-state index contributed by atoms with van der Waals surface area (Å²) in [5.41, 5.74) is -0.0273. The lowest BCUT2D eigenvalue weighted by Crippen LogP contribution is -2.33.